The van der Waals surface area contributed by atoms with Crippen LogP contribution >= 0.6 is 34.9 Å². The number of benzene rings is 1. The molecule has 266 valence electrons. The van der Waals surface area contributed by atoms with E-state index < -0.39 is 0 Å². The Hall–Kier alpha value is -3.75. The third kappa shape index (κ3) is 8.40. The molecule has 6 rings (SSSR count). The van der Waals surface area contributed by atoms with Gasteiger partial charge in [0.05, 0.1) is 17.8 Å². The fraction of sp³-hybridized carbons (Fsp3) is 0.472. The molecule has 3 aromatic rings. The van der Waals surface area contributed by atoms with Gasteiger partial charge >= 0.3 is 6.03 Å². The number of hydrogen-bond acceptors (Lipinski definition) is 8. The Morgan fingerprint density at radius 3 is 2.68 bits per heavy atom. The van der Waals surface area contributed by atoms with Crippen molar-refractivity contribution in [1.29, 1.82) is 0 Å². The van der Waals surface area contributed by atoms with Crippen LogP contribution in [0.5, 0.6) is 0 Å². The molecular formula is C36H46N7O4S3+. The number of thiazole rings is 1. The van der Waals surface area contributed by atoms with Crippen molar-refractivity contribution in [3.8, 4) is 0 Å². The molecule has 3 atom stereocenters. The molecule has 0 aliphatic carbocycles. The molecule has 11 nitrogen and oxygen atoms in total. The van der Waals surface area contributed by atoms with Crippen LogP contribution in [0.15, 0.2) is 52.3 Å². The van der Waals surface area contributed by atoms with E-state index in [2.05, 4.69) is 32.2 Å². The summed E-state index contributed by atoms with van der Waals surface area (Å²) in [4.78, 5) is 53.1. The average Bonchev–Trinajstić information content (AvgIpc) is 3.83. The van der Waals surface area contributed by atoms with Gasteiger partial charge in [0, 0.05) is 72.8 Å². The molecule has 0 bridgehead atoms. The van der Waals surface area contributed by atoms with E-state index in [0.29, 0.717) is 35.7 Å². The molecule has 14 heteroatoms. The maximum Gasteiger partial charge on any atom is 0.315 e. The van der Waals surface area contributed by atoms with E-state index >= 15 is 0 Å². The number of aryl methyl sites for hydroxylation is 1. The third-order valence-corrected chi connectivity index (χ3v) is 13.4. The SMILES string of the molecule is CCn1c(=O)/c(=C2\Sc3cc(NC(=O)CCCCCNC(=O)CCCC[C@@H]4SC[C@@H]5NC(=O)N[C@@H]54)ccc3N2C)s/c1=C\c1cccc[n+]1C. The van der Waals surface area contributed by atoms with Crippen LogP contribution < -0.4 is 45.5 Å². The zero-order chi connectivity index (χ0) is 35.2. The lowest BCUT2D eigenvalue weighted by Crippen LogP contribution is -2.36. The van der Waals surface area contributed by atoms with Crippen molar-refractivity contribution in [2.45, 2.75) is 87.1 Å². The van der Waals surface area contributed by atoms with Gasteiger partial charge in [0.2, 0.25) is 17.5 Å². The first kappa shape index (κ1) is 36.1. The highest BCUT2D eigenvalue weighted by Gasteiger charge is 2.42. The Bertz CT molecular complexity index is 1930. The van der Waals surface area contributed by atoms with E-state index in [4.69, 9.17) is 0 Å². The number of fused-ring (bicyclic) bond motifs is 2. The number of aromatic nitrogens is 2. The third-order valence-electron chi connectivity index (χ3n) is 9.39. The summed E-state index contributed by atoms with van der Waals surface area (Å²) < 4.78 is 5.47. The zero-order valence-corrected chi connectivity index (χ0v) is 31.3. The van der Waals surface area contributed by atoms with Crippen molar-refractivity contribution in [3.05, 3.63) is 67.8 Å². The number of rotatable bonds is 14. The van der Waals surface area contributed by atoms with Gasteiger partial charge in [-0.1, -0.05) is 24.6 Å². The maximum atomic E-state index is 13.5. The molecule has 4 amide bonds. The van der Waals surface area contributed by atoms with Gasteiger partial charge in [-0.3, -0.25) is 19.0 Å². The Morgan fingerprint density at radius 2 is 1.86 bits per heavy atom. The largest absolute Gasteiger partial charge is 0.356 e. The summed E-state index contributed by atoms with van der Waals surface area (Å²) in [5.41, 5.74) is 2.76. The van der Waals surface area contributed by atoms with Crippen LogP contribution in [0.2, 0.25) is 0 Å². The van der Waals surface area contributed by atoms with Crippen molar-refractivity contribution >= 4 is 75.2 Å². The van der Waals surface area contributed by atoms with Crippen molar-refractivity contribution < 1.29 is 19.0 Å². The maximum absolute atomic E-state index is 13.5. The van der Waals surface area contributed by atoms with Crippen LogP contribution in [0.1, 0.15) is 64.0 Å². The van der Waals surface area contributed by atoms with Gasteiger partial charge in [-0.15, -0.1) is 11.3 Å². The second kappa shape index (κ2) is 16.5. The number of unbranched alkanes of at least 4 members (excludes halogenated alkanes) is 3. The number of carbonyl (C=O) groups is 3. The minimum Gasteiger partial charge on any atom is -0.356 e. The predicted molar refractivity (Wildman–Crippen MR) is 203 cm³/mol. The van der Waals surface area contributed by atoms with Gasteiger partial charge in [0.25, 0.3) is 5.56 Å². The second-order valence-electron chi connectivity index (χ2n) is 12.9. The molecule has 1 aromatic carbocycles. The number of nitrogens with one attached hydrogen (secondary N) is 4. The minimum absolute atomic E-state index is 0.00428. The lowest BCUT2D eigenvalue weighted by molar-refractivity contribution is -0.673. The number of carbonyl (C=O) groups excluding carboxylic acids is 3. The molecule has 0 unspecified atom stereocenters. The monoisotopic (exact) mass is 736 g/mol. The van der Waals surface area contributed by atoms with E-state index in [-0.39, 0.29) is 35.5 Å². The van der Waals surface area contributed by atoms with Gasteiger partial charge in [0.15, 0.2) is 6.20 Å². The standard InChI is InChI=1S/C36H45N7O4S3/c1-4-43-31(21-24-12-9-11-19-41(24)2)50-33(34(43)46)35-42(3)26-17-16-23(20-28(26)49-35)38-30(45)15-6-5-10-18-37-29(44)14-8-7-13-27-32-25(22-48-27)39-36(47)40-32/h9,11-12,16-17,19-21,25,27,32H,4-8,10,13-15,18,22H2,1-3H3,(H3-,37,38,39,40,44,45,47)/p+1/b35-33+/t25-,27-,32-/m0/s1. The molecule has 0 radical (unpaired) electrons. The van der Waals surface area contributed by atoms with Crippen LogP contribution in [-0.4, -0.2) is 59.1 Å². The van der Waals surface area contributed by atoms with Crippen LogP contribution in [0.4, 0.5) is 16.2 Å². The normalized spacial score (nSPS) is 20.8. The smallest absolute Gasteiger partial charge is 0.315 e. The average molecular weight is 737 g/mol. The van der Waals surface area contributed by atoms with Gasteiger partial charge < -0.3 is 26.2 Å². The number of amides is 4. The van der Waals surface area contributed by atoms with Crippen molar-refractivity contribution in [1.82, 2.24) is 20.5 Å². The minimum atomic E-state index is -0.0621. The molecule has 3 aliphatic heterocycles. The molecule has 50 heavy (non-hydrogen) atoms. The van der Waals surface area contributed by atoms with Gasteiger partial charge in [-0.05, 0) is 56.9 Å². The van der Waals surface area contributed by atoms with Gasteiger partial charge in [0.1, 0.15) is 21.3 Å². The molecule has 3 aliphatic rings. The van der Waals surface area contributed by atoms with Crippen LogP contribution in [0.3, 0.4) is 0 Å². The summed E-state index contributed by atoms with van der Waals surface area (Å²) in [5, 5.41) is 13.3. The number of urea groups is 1. The lowest BCUT2D eigenvalue weighted by Gasteiger charge is -2.16. The molecule has 2 saturated heterocycles. The molecule has 5 heterocycles. The first-order valence-corrected chi connectivity index (χ1v) is 20.1. The summed E-state index contributed by atoms with van der Waals surface area (Å²) in [7, 11) is 3.97. The summed E-state index contributed by atoms with van der Waals surface area (Å²) in [6.07, 6.45) is 10.2. The fourth-order valence-electron chi connectivity index (χ4n) is 6.61. The molecule has 4 N–H and O–H groups in total. The summed E-state index contributed by atoms with van der Waals surface area (Å²) in [5.74, 6) is 0.996. The van der Waals surface area contributed by atoms with Crippen molar-refractivity contribution in [2.24, 2.45) is 7.05 Å². The summed E-state index contributed by atoms with van der Waals surface area (Å²) in [6, 6.07) is 12.3. The highest BCUT2D eigenvalue weighted by molar-refractivity contribution is 8.08. The topological polar surface area (TPSA) is 128 Å². The van der Waals surface area contributed by atoms with Gasteiger partial charge in [-0.25, -0.2) is 9.36 Å². The second-order valence-corrected chi connectivity index (χ2v) is 16.3. The van der Waals surface area contributed by atoms with Crippen molar-refractivity contribution in [3.63, 3.8) is 0 Å². The Morgan fingerprint density at radius 1 is 1.04 bits per heavy atom. The highest BCUT2D eigenvalue weighted by atomic mass is 32.2. The lowest BCUT2D eigenvalue weighted by atomic mass is 10.0. The summed E-state index contributed by atoms with van der Waals surface area (Å²) in [6.45, 7) is 3.19. The molecule has 2 aromatic heterocycles. The van der Waals surface area contributed by atoms with Gasteiger partial charge in [-0.2, -0.15) is 11.8 Å². The van der Waals surface area contributed by atoms with Crippen LogP contribution in [0.25, 0.3) is 11.1 Å². The molecular weight excluding hydrogens is 691 g/mol. The number of pyridine rings is 1. The Kier molecular flexibility index (Phi) is 11.9. The molecule has 0 saturated carbocycles. The van der Waals surface area contributed by atoms with E-state index in [1.54, 1.807) is 11.8 Å². The van der Waals surface area contributed by atoms with Crippen LogP contribution in [0, 0.1) is 0 Å². The first-order chi connectivity index (χ1) is 24.2. The van der Waals surface area contributed by atoms with Crippen molar-refractivity contribution in [2.75, 3.05) is 29.6 Å². The first-order valence-electron chi connectivity index (χ1n) is 17.4. The Balaban J connectivity index is 0.925. The predicted octanol–water partition coefficient (Wildman–Crippen LogP) is 3.23. The quantitative estimate of drug-likeness (QED) is 0.114. The molecule has 0 spiro atoms. The van der Waals surface area contributed by atoms with E-state index in [9.17, 15) is 19.2 Å². The Labute approximate surface area is 305 Å². The van der Waals surface area contributed by atoms with Crippen LogP contribution in [-0.2, 0) is 23.2 Å². The number of nitrogens with zero attached hydrogens (tertiary/aromatic N) is 3. The number of hydrogen-bond donors (Lipinski definition) is 4. The van der Waals surface area contributed by atoms with E-state index in [1.807, 2.05) is 84.5 Å². The van der Waals surface area contributed by atoms with E-state index in [0.717, 1.165) is 75.9 Å². The molecule has 2 fully saturated rings. The van der Waals surface area contributed by atoms with E-state index in [1.165, 1.54) is 11.3 Å². The number of anilines is 2. The zero-order valence-electron chi connectivity index (χ0n) is 28.8. The number of thioether (sulfide) groups is 2. The fourth-order valence-corrected chi connectivity index (χ4v) is 10.7. The highest BCUT2D eigenvalue weighted by Crippen LogP contribution is 2.46. The summed E-state index contributed by atoms with van der Waals surface area (Å²) >= 11 is 4.96.